The second-order valence-corrected chi connectivity index (χ2v) is 9.73. The smallest absolute Gasteiger partial charge is 0.338 e. The van der Waals surface area contributed by atoms with Crippen LogP contribution in [0.25, 0.3) is 10.4 Å². The fourth-order valence-corrected chi connectivity index (χ4v) is 4.77. The van der Waals surface area contributed by atoms with Crippen LogP contribution in [-0.2, 0) is 25.5 Å². The number of hydrogen-bond acceptors (Lipinski definition) is 6. The molecule has 0 saturated heterocycles. The highest BCUT2D eigenvalue weighted by molar-refractivity contribution is 6.31. The molecule has 1 aliphatic rings. The van der Waals surface area contributed by atoms with Crippen LogP contribution in [0.1, 0.15) is 36.9 Å². The Bertz CT molecular complexity index is 1280. The van der Waals surface area contributed by atoms with Gasteiger partial charge in [-0.15, -0.1) is 0 Å². The molecule has 1 unspecified atom stereocenters. The lowest BCUT2D eigenvalue weighted by atomic mass is 9.93. The number of nitrogens with one attached hydrogen (secondary N) is 1. The van der Waals surface area contributed by atoms with Gasteiger partial charge in [0, 0.05) is 43.0 Å². The van der Waals surface area contributed by atoms with Crippen LogP contribution < -0.4 is 5.32 Å². The van der Waals surface area contributed by atoms with Crippen LogP contribution in [0.15, 0.2) is 71.0 Å². The molecule has 0 spiro atoms. The number of azide groups is 1. The van der Waals surface area contributed by atoms with E-state index in [1.807, 2.05) is 30.3 Å². The van der Waals surface area contributed by atoms with Gasteiger partial charge in [0.15, 0.2) is 0 Å². The molecule has 2 aromatic rings. The molecule has 1 N–H and O–H groups in total. The minimum atomic E-state index is -0.841. The van der Waals surface area contributed by atoms with Gasteiger partial charge in [-0.2, -0.15) is 0 Å². The second kappa shape index (κ2) is 16.3. The number of halogens is 1. The van der Waals surface area contributed by atoms with E-state index in [4.69, 9.17) is 26.6 Å². The van der Waals surface area contributed by atoms with Crippen molar-refractivity contribution in [1.82, 2.24) is 15.1 Å². The van der Waals surface area contributed by atoms with Gasteiger partial charge in [0.05, 0.1) is 37.1 Å². The lowest BCUT2D eigenvalue weighted by Crippen LogP contribution is -2.50. The highest BCUT2D eigenvalue weighted by atomic mass is 35.5. The molecular weight excluding hydrogens is 548 g/mol. The van der Waals surface area contributed by atoms with Crippen molar-refractivity contribution in [2.75, 3.05) is 46.5 Å². The predicted molar refractivity (Wildman–Crippen MR) is 155 cm³/mol. The summed E-state index contributed by atoms with van der Waals surface area (Å²) in [4.78, 5) is 45.3. The lowest BCUT2D eigenvalue weighted by molar-refractivity contribution is -0.139. The molecule has 12 heteroatoms. The molecule has 0 radical (unpaired) electrons. The van der Waals surface area contributed by atoms with E-state index in [1.54, 1.807) is 43.1 Å². The van der Waals surface area contributed by atoms with E-state index in [0.29, 0.717) is 36.4 Å². The van der Waals surface area contributed by atoms with Crippen LogP contribution in [0.5, 0.6) is 0 Å². The molecule has 2 aromatic carbocycles. The second-order valence-electron chi connectivity index (χ2n) is 9.32. The number of rotatable bonds is 15. The van der Waals surface area contributed by atoms with Crippen molar-refractivity contribution in [3.63, 3.8) is 0 Å². The number of benzene rings is 2. The van der Waals surface area contributed by atoms with Crippen molar-refractivity contribution in [3.05, 3.63) is 92.5 Å². The standard InChI is InChI=1S/C29H35ClN6O5/c1-3-41-28(38)26-24(20-40-19-16-32-34-31)33-29(39)36(27(26)22-12-7-8-13-23(22)30)18-9-17-35(2)25(37)15-14-21-10-5-4-6-11-21/h4-8,10-13,27H,3,9,14-20H2,1-2H3,(H,33,39). The van der Waals surface area contributed by atoms with E-state index in [1.165, 1.54) is 4.90 Å². The summed E-state index contributed by atoms with van der Waals surface area (Å²) in [6, 6.07) is 15.5. The molecule has 3 rings (SSSR count). The SMILES string of the molecule is CCOC(=O)C1=C(COCCN=[N+]=[N-])NC(=O)N(CCCN(C)C(=O)CCc2ccccc2)C1c1ccccc1Cl. The van der Waals surface area contributed by atoms with E-state index < -0.39 is 18.0 Å². The molecular formula is C29H35ClN6O5. The van der Waals surface area contributed by atoms with Crippen molar-refractivity contribution < 1.29 is 23.9 Å². The van der Waals surface area contributed by atoms with Gasteiger partial charge in [0.25, 0.3) is 0 Å². The first kappa shape index (κ1) is 31.5. The summed E-state index contributed by atoms with van der Waals surface area (Å²) in [7, 11) is 1.74. The Balaban J connectivity index is 1.79. The number of aryl methyl sites for hydroxylation is 1. The zero-order valence-corrected chi connectivity index (χ0v) is 24.0. The van der Waals surface area contributed by atoms with Crippen LogP contribution >= 0.6 is 11.6 Å². The van der Waals surface area contributed by atoms with Crippen LogP contribution in [0, 0.1) is 0 Å². The summed E-state index contributed by atoms with van der Waals surface area (Å²) >= 11 is 6.57. The van der Waals surface area contributed by atoms with Gasteiger partial charge in [0.2, 0.25) is 5.91 Å². The maximum atomic E-state index is 13.4. The summed E-state index contributed by atoms with van der Waals surface area (Å²) in [5.74, 6) is -0.601. The number of carbonyl (C=O) groups is 3. The zero-order valence-electron chi connectivity index (χ0n) is 23.3. The Morgan fingerprint density at radius 2 is 1.90 bits per heavy atom. The highest BCUT2D eigenvalue weighted by Gasteiger charge is 2.40. The molecule has 0 fully saturated rings. The third-order valence-electron chi connectivity index (χ3n) is 6.56. The van der Waals surface area contributed by atoms with Gasteiger partial charge >= 0.3 is 12.0 Å². The first-order chi connectivity index (χ1) is 19.9. The molecule has 0 aromatic heterocycles. The maximum Gasteiger partial charge on any atom is 0.338 e. The predicted octanol–water partition coefficient (Wildman–Crippen LogP) is 5.03. The van der Waals surface area contributed by atoms with E-state index in [0.717, 1.165) is 5.56 Å². The van der Waals surface area contributed by atoms with E-state index in [2.05, 4.69) is 15.3 Å². The Hall–Kier alpha value is -4.05. The fourth-order valence-electron chi connectivity index (χ4n) is 4.53. The molecule has 3 amide bonds. The van der Waals surface area contributed by atoms with Crippen molar-refractivity contribution >= 4 is 29.5 Å². The molecule has 218 valence electrons. The van der Waals surface area contributed by atoms with Gasteiger partial charge in [0.1, 0.15) is 0 Å². The number of amides is 3. The number of esters is 1. The van der Waals surface area contributed by atoms with Crippen LogP contribution in [0.3, 0.4) is 0 Å². The first-order valence-electron chi connectivity index (χ1n) is 13.5. The quantitative estimate of drug-likeness (QED) is 0.103. The molecule has 41 heavy (non-hydrogen) atoms. The van der Waals surface area contributed by atoms with Crippen molar-refractivity contribution in [2.24, 2.45) is 5.11 Å². The number of hydrogen-bond donors (Lipinski definition) is 1. The number of ether oxygens (including phenoxy) is 2. The summed E-state index contributed by atoms with van der Waals surface area (Å²) in [5.41, 5.74) is 10.6. The molecule has 0 saturated carbocycles. The van der Waals surface area contributed by atoms with Gasteiger partial charge in [-0.1, -0.05) is 65.2 Å². The topological polar surface area (TPSA) is 137 Å². The highest BCUT2D eigenvalue weighted by Crippen LogP contribution is 2.38. The maximum absolute atomic E-state index is 13.4. The van der Waals surface area contributed by atoms with Gasteiger partial charge in [-0.05, 0) is 42.5 Å². The normalized spacial score (nSPS) is 14.8. The Labute approximate surface area is 244 Å². The van der Waals surface area contributed by atoms with Crippen molar-refractivity contribution in [3.8, 4) is 0 Å². The third-order valence-corrected chi connectivity index (χ3v) is 6.90. The van der Waals surface area contributed by atoms with Gasteiger partial charge < -0.3 is 24.6 Å². The third kappa shape index (κ3) is 8.97. The lowest BCUT2D eigenvalue weighted by Gasteiger charge is -2.39. The van der Waals surface area contributed by atoms with E-state index >= 15 is 0 Å². The van der Waals surface area contributed by atoms with Crippen LogP contribution in [0.2, 0.25) is 5.02 Å². The summed E-state index contributed by atoms with van der Waals surface area (Å²) in [5, 5.41) is 6.60. The van der Waals surface area contributed by atoms with Crippen molar-refractivity contribution in [2.45, 2.75) is 32.2 Å². The molecule has 11 nitrogen and oxygen atoms in total. The summed E-state index contributed by atoms with van der Waals surface area (Å²) in [6.45, 7) is 2.59. The van der Waals surface area contributed by atoms with Crippen molar-refractivity contribution in [1.29, 1.82) is 0 Å². The minimum Gasteiger partial charge on any atom is -0.463 e. The van der Waals surface area contributed by atoms with Gasteiger partial charge in [-0.25, -0.2) is 9.59 Å². The molecule has 1 atom stereocenters. The summed E-state index contributed by atoms with van der Waals surface area (Å²) < 4.78 is 11.0. The monoisotopic (exact) mass is 582 g/mol. The molecule has 0 aliphatic carbocycles. The summed E-state index contributed by atoms with van der Waals surface area (Å²) in [6.07, 6.45) is 1.50. The minimum absolute atomic E-state index is 0.00637. The first-order valence-corrected chi connectivity index (χ1v) is 13.8. The number of urea groups is 1. The zero-order chi connectivity index (χ0) is 29.6. The Morgan fingerprint density at radius 1 is 1.17 bits per heavy atom. The molecule has 0 bridgehead atoms. The Morgan fingerprint density at radius 3 is 2.61 bits per heavy atom. The Kier molecular flexibility index (Phi) is 12.5. The van der Waals surface area contributed by atoms with Gasteiger partial charge in [-0.3, -0.25) is 4.79 Å². The number of nitrogens with zero attached hydrogens (tertiary/aromatic N) is 5. The van der Waals surface area contributed by atoms with E-state index in [-0.39, 0.29) is 50.1 Å². The molecule has 1 aliphatic heterocycles. The van der Waals surface area contributed by atoms with Crippen LogP contribution in [0.4, 0.5) is 4.79 Å². The largest absolute Gasteiger partial charge is 0.463 e. The fraction of sp³-hybridized carbons (Fsp3) is 0.414. The average molecular weight is 583 g/mol. The average Bonchev–Trinajstić information content (AvgIpc) is 2.97. The van der Waals surface area contributed by atoms with E-state index in [9.17, 15) is 14.4 Å². The van der Waals surface area contributed by atoms with Crippen LogP contribution in [-0.4, -0.2) is 74.2 Å². The number of carbonyl (C=O) groups excluding carboxylic acids is 3. The molecule has 1 heterocycles.